The van der Waals surface area contributed by atoms with E-state index in [4.69, 9.17) is 20.9 Å². The zero-order chi connectivity index (χ0) is 23.8. The van der Waals surface area contributed by atoms with Gasteiger partial charge in [0.15, 0.2) is 11.5 Å². The second-order valence-electron chi connectivity index (χ2n) is 7.21. The van der Waals surface area contributed by atoms with E-state index in [1.54, 1.807) is 55.3 Å². The van der Waals surface area contributed by atoms with Crippen molar-refractivity contribution in [1.82, 2.24) is 15.0 Å². The van der Waals surface area contributed by atoms with Gasteiger partial charge in [-0.1, -0.05) is 22.8 Å². The third kappa shape index (κ3) is 7.15. The molecule has 0 atom stereocenters. The number of ether oxygens (including phenoxy) is 2. The number of hydrogen-bond acceptors (Lipinski definition) is 6. The molecule has 1 amide bonds. The molecule has 33 heavy (non-hydrogen) atoms. The number of aromatic nitrogens is 2. The Bertz CT molecular complexity index is 1060. The average Bonchev–Trinajstić information content (AvgIpc) is 3.24. The van der Waals surface area contributed by atoms with Crippen molar-refractivity contribution in [2.24, 2.45) is 0 Å². The van der Waals surface area contributed by atoms with Crippen LogP contribution in [0.1, 0.15) is 31.2 Å². The molecular weight excluding hydrogens is 456 g/mol. The summed E-state index contributed by atoms with van der Waals surface area (Å²) in [5.74, 6) is 1.02. The Morgan fingerprint density at radius 1 is 1.18 bits per heavy atom. The predicted molar refractivity (Wildman–Crippen MR) is 118 cm³/mol. The summed E-state index contributed by atoms with van der Waals surface area (Å²) in [7, 11) is 1.68. The third-order valence-corrected chi connectivity index (χ3v) is 4.97. The molecule has 7 nitrogen and oxygen atoms in total. The monoisotopic (exact) mass is 479 g/mol. The molecule has 1 heterocycles. The molecular formula is C23H24ClF2N3O4. The number of carbonyl (C=O) groups excluding carboxylic acids is 1. The van der Waals surface area contributed by atoms with Crippen LogP contribution in [0.4, 0.5) is 8.78 Å². The van der Waals surface area contributed by atoms with Crippen molar-refractivity contribution in [3.8, 4) is 22.9 Å². The largest absolute Gasteiger partial charge is 0.490 e. The SMILES string of the molecule is CCOc1cc(CN(C)C(=O)CCCc2nc(-c3ccc(Cl)cc3)no2)ccc1OC(F)F. The highest BCUT2D eigenvalue weighted by Crippen LogP contribution is 2.30. The van der Waals surface area contributed by atoms with Gasteiger partial charge in [0.25, 0.3) is 0 Å². The lowest BCUT2D eigenvalue weighted by Crippen LogP contribution is -2.26. The van der Waals surface area contributed by atoms with Crippen molar-refractivity contribution in [3.05, 3.63) is 58.9 Å². The molecule has 3 rings (SSSR count). The van der Waals surface area contributed by atoms with Crippen LogP contribution in [-0.4, -0.2) is 41.2 Å². The van der Waals surface area contributed by atoms with E-state index in [0.29, 0.717) is 49.2 Å². The molecule has 0 radical (unpaired) electrons. The van der Waals surface area contributed by atoms with E-state index in [-0.39, 0.29) is 17.4 Å². The molecule has 0 aliphatic carbocycles. The van der Waals surface area contributed by atoms with Crippen LogP contribution in [-0.2, 0) is 17.8 Å². The smallest absolute Gasteiger partial charge is 0.387 e. The molecule has 0 spiro atoms. The number of amides is 1. The molecule has 1 aromatic heterocycles. The molecule has 0 aliphatic rings. The predicted octanol–water partition coefficient (Wildman–Crippen LogP) is 5.37. The van der Waals surface area contributed by atoms with E-state index in [9.17, 15) is 13.6 Å². The van der Waals surface area contributed by atoms with Crippen LogP contribution < -0.4 is 9.47 Å². The second-order valence-corrected chi connectivity index (χ2v) is 7.65. The molecule has 0 saturated heterocycles. The second kappa shape index (κ2) is 11.6. The lowest BCUT2D eigenvalue weighted by Gasteiger charge is -2.18. The highest BCUT2D eigenvalue weighted by atomic mass is 35.5. The first kappa shape index (κ1) is 24.4. The summed E-state index contributed by atoms with van der Waals surface area (Å²) in [5.41, 5.74) is 1.53. The van der Waals surface area contributed by atoms with Crippen LogP contribution in [0.25, 0.3) is 11.4 Å². The van der Waals surface area contributed by atoms with Crippen LogP contribution in [0.5, 0.6) is 11.5 Å². The zero-order valence-electron chi connectivity index (χ0n) is 18.3. The Hall–Kier alpha value is -3.20. The third-order valence-electron chi connectivity index (χ3n) is 4.72. The number of nitrogens with zero attached hydrogens (tertiary/aromatic N) is 3. The number of halogens is 3. The topological polar surface area (TPSA) is 77.7 Å². The summed E-state index contributed by atoms with van der Waals surface area (Å²) in [5, 5.41) is 4.58. The molecule has 2 aromatic carbocycles. The van der Waals surface area contributed by atoms with Gasteiger partial charge in [0, 0.05) is 37.0 Å². The zero-order valence-corrected chi connectivity index (χ0v) is 19.0. The highest BCUT2D eigenvalue weighted by Gasteiger charge is 2.15. The molecule has 0 N–H and O–H groups in total. The van der Waals surface area contributed by atoms with Crippen LogP contribution >= 0.6 is 11.6 Å². The van der Waals surface area contributed by atoms with Gasteiger partial charge in [-0.05, 0) is 55.3 Å². The summed E-state index contributed by atoms with van der Waals surface area (Å²) < 4.78 is 40.2. The van der Waals surface area contributed by atoms with Crippen molar-refractivity contribution >= 4 is 17.5 Å². The van der Waals surface area contributed by atoms with Gasteiger partial charge in [-0.2, -0.15) is 13.8 Å². The Kier molecular flexibility index (Phi) is 8.59. The first-order chi connectivity index (χ1) is 15.9. The van der Waals surface area contributed by atoms with Gasteiger partial charge in [0.1, 0.15) is 0 Å². The Labute approximate surface area is 195 Å². The van der Waals surface area contributed by atoms with E-state index in [0.717, 1.165) is 11.1 Å². The van der Waals surface area contributed by atoms with Gasteiger partial charge in [0.2, 0.25) is 17.6 Å². The highest BCUT2D eigenvalue weighted by molar-refractivity contribution is 6.30. The summed E-state index contributed by atoms with van der Waals surface area (Å²) in [6.45, 7) is -0.598. The molecule has 0 saturated carbocycles. The maximum absolute atomic E-state index is 12.6. The van der Waals surface area contributed by atoms with E-state index < -0.39 is 6.61 Å². The van der Waals surface area contributed by atoms with E-state index in [1.165, 1.54) is 6.07 Å². The lowest BCUT2D eigenvalue weighted by atomic mass is 10.1. The molecule has 10 heteroatoms. The van der Waals surface area contributed by atoms with E-state index in [2.05, 4.69) is 14.9 Å². The summed E-state index contributed by atoms with van der Waals surface area (Å²) >= 11 is 5.89. The molecule has 0 fully saturated rings. The van der Waals surface area contributed by atoms with Crippen molar-refractivity contribution < 1.29 is 27.6 Å². The van der Waals surface area contributed by atoms with E-state index in [1.807, 2.05) is 0 Å². The van der Waals surface area contributed by atoms with Crippen LogP contribution in [0.2, 0.25) is 5.02 Å². The summed E-state index contributed by atoms with van der Waals surface area (Å²) in [6, 6.07) is 11.7. The first-order valence-electron chi connectivity index (χ1n) is 10.4. The number of alkyl halides is 2. The fraction of sp³-hybridized carbons (Fsp3) is 0.348. The van der Waals surface area contributed by atoms with Crippen LogP contribution in [0, 0.1) is 0 Å². The Balaban J connectivity index is 1.51. The van der Waals surface area contributed by atoms with Crippen LogP contribution in [0.3, 0.4) is 0 Å². The Morgan fingerprint density at radius 3 is 2.64 bits per heavy atom. The molecule has 176 valence electrons. The fourth-order valence-electron chi connectivity index (χ4n) is 3.13. The number of aryl methyl sites for hydroxylation is 1. The maximum Gasteiger partial charge on any atom is 0.387 e. The fourth-order valence-corrected chi connectivity index (χ4v) is 3.25. The standard InChI is InChI=1S/C23H24ClF2N3O4/c1-3-31-19-13-15(7-12-18(19)32-23(25)26)14-29(2)21(30)6-4-5-20-27-22(28-33-20)16-8-10-17(24)11-9-16/h7-13,23H,3-6,14H2,1-2H3. The number of benzene rings is 2. The van der Waals surface area contributed by atoms with Gasteiger partial charge in [0.05, 0.1) is 6.61 Å². The number of rotatable bonds is 11. The van der Waals surface area contributed by atoms with Crippen molar-refractivity contribution in [2.75, 3.05) is 13.7 Å². The van der Waals surface area contributed by atoms with Gasteiger partial charge in [-0.25, -0.2) is 0 Å². The molecule has 0 aliphatic heterocycles. The quantitative estimate of drug-likeness (QED) is 0.368. The van der Waals surface area contributed by atoms with Crippen molar-refractivity contribution in [3.63, 3.8) is 0 Å². The first-order valence-corrected chi connectivity index (χ1v) is 10.8. The van der Waals surface area contributed by atoms with Gasteiger partial charge in [-0.3, -0.25) is 4.79 Å². The average molecular weight is 480 g/mol. The van der Waals surface area contributed by atoms with Gasteiger partial charge >= 0.3 is 6.61 Å². The molecule has 0 bridgehead atoms. The summed E-state index contributed by atoms with van der Waals surface area (Å²) in [6.07, 6.45) is 1.30. The number of carbonyl (C=O) groups is 1. The van der Waals surface area contributed by atoms with Gasteiger partial charge < -0.3 is 18.9 Å². The minimum absolute atomic E-state index is 0.0397. The minimum atomic E-state index is -2.94. The van der Waals surface area contributed by atoms with Gasteiger partial charge in [-0.15, -0.1) is 0 Å². The summed E-state index contributed by atoms with van der Waals surface area (Å²) in [4.78, 5) is 18.4. The van der Waals surface area contributed by atoms with E-state index >= 15 is 0 Å². The van der Waals surface area contributed by atoms with Crippen LogP contribution in [0.15, 0.2) is 47.0 Å². The lowest BCUT2D eigenvalue weighted by molar-refractivity contribution is -0.130. The number of hydrogen-bond donors (Lipinski definition) is 0. The van der Waals surface area contributed by atoms with Crippen molar-refractivity contribution in [1.29, 1.82) is 0 Å². The maximum atomic E-state index is 12.6. The molecule has 0 unspecified atom stereocenters. The Morgan fingerprint density at radius 2 is 1.94 bits per heavy atom. The minimum Gasteiger partial charge on any atom is -0.490 e. The normalized spacial score (nSPS) is 11.0. The molecule has 3 aromatic rings. The van der Waals surface area contributed by atoms with Crippen molar-refractivity contribution in [2.45, 2.75) is 39.3 Å².